The predicted molar refractivity (Wildman–Crippen MR) is 42.6 cm³/mol. The largest absolute Gasteiger partial charge is 0.329 e. The molecule has 3 heteroatoms. The lowest BCUT2D eigenvalue weighted by Gasteiger charge is -2.18. The lowest BCUT2D eigenvalue weighted by Crippen LogP contribution is -2.23. The topological polar surface area (TPSA) is 26.0 Å². The van der Waals surface area contributed by atoms with Crippen LogP contribution in [0, 0.1) is 0 Å². The first kappa shape index (κ1) is 6.78. The Balaban J connectivity index is 2.13. The van der Waals surface area contributed by atoms with Gasteiger partial charge in [0.15, 0.2) is 0 Å². The molecule has 0 aromatic rings. The van der Waals surface area contributed by atoms with E-state index in [0.29, 0.717) is 0 Å². The van der Waals surface area contributed by atoms with Crippen molar-refractivity contribution in [3.63, 3.8) is 0 Å². The van der Waals surface area contributed by atoms with Crippen molar-refractivity contribution in [2.75, 3.05) is 23.8 Å². The van der Waals surface area contributed by atoms with Crippen molar-refractivity contribution >= 4 is 23.5 Å². The van der Waals surface area contributed by atoms with Crippen molar-refractivity contribution in [3.8, 4) is 0 Å². The molecule has 0 aromatic carbocycles. The molecule has 0 spiro atoms. The highest BCUT2D eigenvalue weighted by atomic mass is 32.2. The zero-order valence-corrected chi connectivity index (χ0v) is 6.43. The fourth-order valence-electron chi connectivity index (χ4n) is 0.673. The summed E-state index contributed by atoms with van der Waals surface area (Å²) in [5.41, 5.74) is 5.47. The van der Waals surface area contributed by atoms with Crippen molar-refractivity contribution in [2.24, 2.45) is 5.73 Å². The normalized spacial score (nSPS) is 30.4. The Kier molecular flexibility index (Phi) is 3.08. The Labute approximate surface area is 58.8 Å². The number of hydrogen-bond donors (Lipinski definition) is 1. The summed E-state index contributed by atoms with van der Waals surface area (Å²) in [6.45, 7) is 0.859. The third-order valence-electron chi connectivity index (χ3n) is 1.15. The summed E-state index contributed by atoms with van der Waals surface area (Å²) < 4.78 is 0. The zero-order chi connectivity index (χ0) is 5.82. The number of rotatable bonds is 1. The molecule has 48 valence electrons. The van der Waals surface area contributed by atoms with Gasteiger partial charge < -0.3 is 5.73 Å². The van der Waals surface area contributed by atoms with E-state index in [9.17, 15) is 0 Å². The maximum atomic E-state index is 5.47. The molecule has 1 nitrogen and oxygen atoms in total. The first-order valence-electron chi connectivity index (χ1n) is 2.83. The van der Waals surface area contributed by atoms with Gasteiger partial charge in [-0.15, -0.1) is 0 Å². The fraction of sp³-hybridized carbons (Fsp3) is 1.00. The lowest BCUT2D eigenvalue weighted by atomic mass is 10.5. The fourth-order valence-corrected chi connectivity index (χ4v) is 3.24. The van der Waals surface area contributed by atoms with Crippen LogP contribution in [-0.2, 0) is 0 Å². The van der Waals surface area contributed by atoms with Crippen molar-refractivity contribution in [1.29, 1.82) is 0 Å². The minimum atomic E-state index is 0.744. The van der Waals surface area contributed by atoms with Gasteiger partial charge in [-0.1, -0.05) is 0 Å². The second-order valence-electron chi connectivity index (χ2n) is 1.80. The van der Waals surface area contributed by atoms with E-state index in [0.717, 1.165) is 11.8 Å². The Hall–Kier alpha value is 0.660. The van der Waals surface area contributed by atoms with Gasteiger partial charge in [-0.3, -0.25) is 0 Å². The molecule has 1 heterocycles. The first-order chi connectivity index (χ1) is 3.93. The van der Waals surface area contributed by atoms with E-state index in [2.05, 4.69) is 0 Å². The van der Waals surface area contributed by atoms with Gasteiger partial charge in [-0.25, -0.2) is 0 Å². The van der Waals surface area contributed by atoms with Crippen LogP contribution < -0.4 is 5.73 Å². The van der Waals surface area contributed by atoms with Crippen LogP contribution in [0.1, 0.15) is 0 Å². The van der Waals surface area contributed by atoms with Crippen LogP contribution in [0.4, 0.5) is 0 Å². The van der Waals surface area contributed by atoms with Crippen molar-refractivity contribution in [3.05, 3.63) is 0 Å². The lowest BCUT2D eigenvalue weighted by molar-refractivity contribution is 0.957. The molecule has 0 aliphatic carbocycles. The van der Waals surface area contributed by atoms with Crippen molar-refractivity contribution in [2.45, 2.75) is 5.25 Å². The summed E-state index contributed by atoms with van der Waals surface area (Å²) >= 11 is 4.04. The molecule has 0 aromatic heterocycles. The van der Waals surface area contributed by atoms with Crippen LogP contribution in [0.15, 0.2) is 0 Å². The maximum absolute atomic E-state index is 5.47. The minimum absolute atomic E-state index is 0.744. The average molecular weight is 149 g/mol. The van der Waals surface area contributed by atoms with E-state index in [4.69, 9.17) is 5.73 Å². The van der Waals surface area contributed by atoms with E-state index >= 15 is 0 Å². The molecule has 1 saturated heterocycles. The van der Waals surface area contributed by atoms with Crippen LogP contribution in [0.2, 0.25) is 0 Å². The van der Waals surface area contributed by atoms with Gasteiger partial charge in [0.2, 0.25) is 0 Å². The molecule has 1 fully saturated rings. The molecule has 1 aliphatic rings. The molecule has 0 bridgehead atoms. The molecule has 0 amide bonds. The van der Waals surface area contributed by atoms with E-state index in [1.54, 1.807) is 0 Å². The molecule has 8 heavy (non-hydrogen) atoms. The van der Waals surface area contributed by atoms with Crippen LogP contribution in [0.5, 0.6) is 0 Å². The molecule has 1 atom stereocenters. The molecule has 1 rings (SSSR count). The predicted octanol–water partition coefficient (Wildman–Crippen LogP) is 0.794. The smallest absolute Gasteiger partial charge is 0.0261 e. The van der Waals surface area contributed by atoms with Gasteiger partial charge in [-0.2, -0.15) is 23.5 Å². The van der Waals surface area contributed by atoms with E-state index in [-0.39, 0.29) is 0 Å². The summed E-state index contributed by atoms with van der Waals surface area (Å²) in [4.78, 5) is 0. The number of hydrogen-bond acceptors (Lipinski definition) is 3. The van der Waals surface area contributed by atoms with E-state index in [1.807, 2.05) is 23.5 Å². The monoisotopic (exact) mass is 149 g/mol. The summed E-state index contributed by atoms with van der Waals surface area (Å²) in [6.07, 6.45) is 0. The summed E-state index contributed by atoms with van der Waals surface area (Å²) in [5, 5.41) is 0.744. The second kappa shape index (κ2) is 3.64. The van der Waals surface area contributed by atoms with Gasteiger partial charge >= 0.3 is 0 Å². The van der Waals surface area contributed by atoms with Crippen LogP contribution in [0.25, 0.3) is 0 Å². The maximum Gasteiger partial charge on any atom is 0.0261 e. The van der Waals surface area contributed by atoms with Crippen molar-refractivity contribution < 1.29 is 0 Å². The van der Waals surface area contributed by atoms with Crippen LogP contribution in [-0.4, -0.2) is 29.1 Å². The SMILES string of the molecule is NC[C@H]1CSCCS1. The standard InChI is InChI=1S/C5H11NS2/c6-3-5-4-7-1-2-8-5/h5H,1-4,6H2/t5-/m0/s1. The summed E-state index contributed by atoms with van der Waals surface area (Å²) in [7, 11) is 0. The minimum Gasteiger partial charge on any atom is -0.329 e. The highest BCUT2D eigenvalue weighted by Crippen LogP contribution is 2.22. The third-order valence-corrected chi connectivity index (χ3v) is 4.02. The summed E-state index contributed by atoms with van der Waals surface area (Å²) in [6, 6.07) is 0. The second-order valence-corrected chi connectivity index (χ2v) is 4.36. The zero-order valence-electron chi connectivity index (χ0n) is 4.80. The molecule has 1 aliphatic heterocycles. The number of nitrogens with two attached hydrogens (primary N) is 1. The van der Waals surface area contributed by atoms with Gasteiger partial charge in [0, 0.05) is 29.1 Å². The molecule has 0 unspecified atom stereocenters. The first-order valence-corrected chi connectivity index (χ1v) is 5.03. The van der Waals surface area contributed by atoms with Gasteiger partial charge in [0.1, 0.15) is 0 Å². The van der Waals surface area contributed by atoms with Crippen LogP contribution >= 0.6 is 23.5 Å². The average Bonchev–Trinajstić information content (AvgIpc) is 1.90. The third kappa shape index (κ3) is 1.88. The Morgan fingerprint density at radius 1 is 1.50 bits per heavy atom. The van der Waals surface area contributed by atoms with Crippen LogP contribution in [0.3, 0.4) is 0 Å². The molecule has 0 radical (unpaired) electrons. The van der Waals surface area contributed by atoms with Gasteiger partial charge in [-0.05, 0) is 0 Å². The van der Waals surface area contributed by atoms with Gasteiger partial charge in [0.25, 0.3) is 0 Å². The van der Waals surface area contributed by atoms with E-state index < -0.39 is 0 Å². The number of thioether (sulfide) groups is 2. The Morgan fingerprint density at radius 3 is 2.75 bits per heavy atom. The summed E-state index contributed by atoms with van der Waals surface area (Å²) in [5.74, 6) is 3.88. The molecule has 2 N–H and O–H groups in total. The molecular weight excluding hydrogens is 138 g/mol. The highest BCUT2D eigenvalue weighted by Gasteiger charge is 2.10. The molecular formula is C5H11NS2. The highest BCUT2D eigenvalue weighted by molar-refractivity contribution is 8.06. The van der Waals surface area contributed by atoms with E-state index in [1.165, 1.54) is 17.3 Å². The Bertz CT molecular complexity index is 61.4. The quantitative estimate of drug-likeness (QED) is 0.597. The van der Waals surface area contributed by atoms with Crippen molar-refractivity contribution in [1.82, 2.24) is 0 Å². The van der Waals surface area contributed by atoms with Gasteiger partial charge in [0.05, 0.1) is 0 Å². The Morgan fingerprint density at radius 2 is 2.38 bits per heavy atom. The molecule has 0 saturated carbocycles.